The Labute approximate surface area is 111 Å². The van der Waals surface area contributed by atoms with E-state index < -0.39 is 0 Å². The number of imidazole rings is 1. The van der Waals surface area contributed by atoms with Gasteiger partial charge in [0.2, 0.25) is 0 Å². The third kappa shape index (κ3) is 2.16. The first-order chi connectivity index (χ1) is 9.28. The predicted molar refractivity (Wildman–Crippen MR) is 70.8 cm³/mol. The quantitative estimate of drug-likeness (QED) is 0.871. The molecule has 2 aromatic heterocycles. The fourth-order valence-corrected chi connectivity index (χ4v) is 2.20. The average Bonchev–Trinajstić information content (AvgIpc) is 2.94. The molecule has 1 N–H and O–H groups in total. The van der Waals surface area contributed by atoms with Gasteiger partial charge in [0.25, 0.3) is 5.91 Å². The Morgan fingerprint density at radius 3 is 3.11 bits per heavy atom. The fourth-order valence-electron chi connectivity index (χ4n) is 2.20. The molecule has 6 nitrogen and oxygen atoms in total. The van der Waals surface area contributed by atoms with E-state index in [1.54, 1.807) is 24.2 Å². The second kappa shape index (κ2) is 4.72. The zero-order chi connectivity index (χ0) is 13.2. The number of amides is 1. The van der Waals surface area contributed by atoms with Crippen LogP contribution in [0.15, 0.2) is 30.6 Å². The topological polar surface area (TPSA) is 63.1 Å². The monoisotopic (exact) mass is 257 g/mol. The van der Waals surface area contributed by atoms with Crippen molar-refractivity contribution in [2.45, 2.75) is 13.1 Å². The van der Waals surface area contributed by atoms with Crippen molar-refractivity contribution in [2.75, 3.05) is 18.9 Å². The molecule has 0 unspecified atom stereocenters. The van der Waals surface area contributed by atoms with Gasteiger partial charge in [-0.05, 0) is 12.1 Å². The largest absolute Gasteiger partial charge is 0.373 e. The lowest BCUT2D eigenvalue weighted by Gasteiger charge is -2.27. The summed E-state index contributed by atoms with van der Waals surface area (Å²) in [4.78, 5) is 22.7. The highest BCUT2D eigenvalue weighted by Crippen LogP contribution is 2.14. The number of nitrogens with zero attached hydrogens (tertiary/aromatic N) is 4. The van der Waals surface area contributed by atoms with E-state index in [2.05, 4.69) is 19.9 Å². The number of aromatic nitrogens is 3. The van der Waals surface area contributed by atoms with Gasteiger partial charge in [-0.25, -0.2) is 9.97 Å². The van der Waals surface area contributed by atoms with Crippen molar-refractivity contribution in [2.24, 2.45) is 0 Å². The molecule has 3 rings (SSSR count). The van der Waals surface area contributed by atoms with E-state index >= 15 is 0 Å². The minimum atomic E-state index is -0.0497. The lowest BCUT2D eigenvalue weighted by molar-refractivity contribution is 0.0701. The van der Waals surface area contributed by atoms with Crippen LogP contribution in [0, 0.1) is 0 Å². The molecule has 0 bridgehead atoms. The van der Waals surface area contributed by atoms with Crippen LogP contribution in [-0.4, -0.2) is 38.9 Å². The molecule has 0 spiro atoms. The van der Waals surface area contributed by atoms with Crippen LogP contribution in [0.5, 0.6) is 0 Å². The number of carbonyl (C=O) groups excluding carboxylic acids is 1. The molecule has 6 heteroatoms. The van der Waals surface area contributed by atoms with Gasteiger partial charge in [0.1, 0.15) is 17.3 Å². The third-order valence-corrected chi connectivity index (χ3v) is 3.26. The van der Waals surface area contributed by atoms with Crippen LogP contribution in [0.2, 0.25) is 0 Å². The Morgan fingerprint density at radius 1 is 1.37 bits per heavy atom. The summed E-state index contributed by atoms with van der Waals surface area (Å²) in [6, 6.07) is 5.40. The first kappa shape index (κ1) is 11.7. The maximum atomic E-state index is 12.4. The molecule has 1 aliphatic heterocycles. The highest BCUT2D eigenvalue weighted by molar-refractivity contribution is 5.92. The van der Waals surface area contributed by atoms with Crippen molar-refractivity contribution >= 4 is 11.7 Å². The Morgan fingerprint density at radius 2 is 2.26 bits per heavy atom. The van der Waals surface area contributed by atoms with Crippen molar-refractivity contribution in [1.29, 1.82) is 0 Å². The lowest BCUT2D eigenvalue weighted by atomic mass is 10.2. The zero-order valence-electron chi connectivity index (χ0n) is 10.7. The van der Waals surface area contributed by atoms with Gasteiger partial charge in [0.05, 0.1) is 6.54 Å². The standard InChI is InChI=1S/C13H15N5O/c1-14-11-4-2-3-10(16-11)13(19)18-8-7-17-6-5-15-12(17)9-18/h2-6H,7-9H2,1H3,(H,14,16). The molecule has 98 valence electrons. The van der Waals surface area contributed by atoms with Gasteiger partial charge in [0, 0.05) is 32.5 Å². The number of hydrogen-bond acceptors (Lipinski definition) is 4. The van der Waals surface area contributed by atoms with Crippen LogP contribution in [0.3, 0.4) is 0 Å². The van der Waals surface area contributed by atoms with Gasteiger partial charge in [-0.3, -0.25) is 4.79 Å². The maximum Gasteiger partial charge on any atom is 0.273 e. The number of fused-ring (bicyclic) bond motifs is 1. The Hall–Kier alpha value is -2.37. The van der Waals surface area contributed by atoms with Gasteiger partial charge in [-0.2, -0.15) is 0 Å². The van der Waals surface area contributed by atoms with Crippen LogP contribution < -0.4 is 5.32 Å². The van der Waals surface area contributed by atoms with Crippen LogP contribution in [0.4, 0.5) is 5.82 Å². The summed E-state index contributed by atoms with van der Waals surface area (Å²) in [7, 11) is 1.79. The van der Waals surface area contributed by atoms with Crippen LogP contribution >= 0.6 is 0 Å². The normalized spacial score (nSPS) is 14.1. The molecular formula is C13H15N5O. The van der Waals surface area contributed by atoms with E-state index in [9.17, 15) is 4.79 Å². The summed E-state index contributed by atoms with van der Waals surface area (Å²) < 4.78 is 2.07. The van der Waals surface area contributed by atoms with Crippen molar-refractivity contribution in [1.82, 2.24) is 19.4 Å². The molecule has 2 aromatic rings. The number of nitrogens with one attached hydrogen (secondary N) is 1. The highest BCUT2D eigenvalue weighted by Gasteiger charge is 2.23. The summed E-state index contributed by atoms with van der Waals surface area (Å²) in [6.45, 7) is 2.01. The number of anilines is 1. The molecule has 0 aromatic carbocycles. The molecule has 0 saturated carbocycles. The molecule has 0 radical (unpaired) electrons. The molecule has 0 aliphatic carbocycles. The molecule has 0 fully saturated rings. The van der Waals surface area contributed by atoms with Crippen LogP contribution in [0.1, 0.15) is 16.3 Å². The Balaban J connectivity index is 1.81. The molecule has 3 heterocycles. The fraction of sp³-hybridized carbons (Fsp3) is 0.308. The first-order valence-electron chi connectivity index (χ1n) is 6.22. The summed E-state index contributed by atoms with van der Waals surface area (Å²) in [5.74, 6) is 1.57. The van der Waals surface area contributed by atoms with E-state index in [1.807, 2.05) is 18.3 Å². The number of carbonyl (C=O) groups is 1. The van der Waals surface area contributed by atoms with Crippen molar-refractivity contribution in [3.05, 3.63) is 42.1 Å². The first-order valence-corrected chi connectivity index (χ1v) is 6.22. The second-order valence-electron chi connectivity index (χ2n) is 4.42. The van der Waals surface area contributed by atoms with E-state index in [-0.39, 0.29) is 5.91 Å². The number of rotatable bonds is 2. The molecule has 1 amide bonds. The smallest absolute Gasteiger partial charge is 0.273 e. The molecular weight excluding hydrogens is 242 g/mol. The highest BCUT2D eigenvalue weighted by atomic mass is 16.2. The van der Waals surface area contributed by atoms with Gasteiger partial charge >= 0.3 is 0 Å². The SMILES string of the molecule is CNc1cccc(C(=O)N2CCn3ccnc3C2)n1. The van der Waals surface area contributed by atoms with Gasteiger partial charge in [-0.15, -0.1) is 0 Å². The van der Waals surface area contributed by atoms with Crippen LogP contribution in [-0.2, 0) is 13.1 Å². The minimum Gasteiger partial charge on any atom is -0.373 e. The summed E-state index contributed by atoms with van der Waals surface area (Å²) in [5.41, 5.74) is 0.465. The molecule has 0 saturated heterocycles. The predicted octanol–water partition coefficient (Wildman–Crippen LogP) is 0.976. The number of hydrogen-bond donors (Lipinski definition) is 1. The van der Waals surface area contributed by atoms with E-state index in [0.29, 0.717) is 24.6 Å². The van der Waals surface area contributed by atoms with Crippen LogP contribution in [0.25, 0.3) is 0 Å². The lowest BCUT2D eigenvalue weighted by Crippen LogP contribution is -2.38. The van der Waals surface area contributed by atoms with Gasteiger partial charge in [0.15, 0.2) is 0 Å². The van der Waals surface area contributed by atoms with E-state index in [4.69, 9.17) is 0 Å². The number of pyridine rings is 1. The van der Waals surface area contributed by atoms with E-state index in [0.717, 1.165) is 12.4 Å². The second-order valence-corrected chi connectivity index (χ2v) is 4.42. The molecule has 0 atom stereocenters. The Kier molecular flexibility index (Phi) is 2.91. The minimum absolute atomic E-state index is 0.0497. The van der Waals surface area contributed by atoms with Crippen molar-refractivity contribution < 1.29 is 4.79 Å². The average molecular weight is 257 g/mol. The van der Waals surface area contributed by atoms with Crippen molar-refractivity contribution in [3.63, 3.8) is 0 Å². The van der Waals surface area contributed by atoms with Crippen molar-refractivity contribution in [3.8, 4) is 0 Å². The zero-order valence-corrected chi connectivity index (χ0v) is 10.7. The summed E-state index contributed by atoms with van der Waals surface area (Å²) in [6.07, 6.45) is 3.71. The molecule has 19 heavy (non-hydrogen) atoms. The summed E-state index contributed by atoms with van der Waals surface area (Å²) >= 11 is 0. The Bertz CT molecular complexity index is 607. The maximum absolute atomic E-state index is 12.4. The summed E-state index contributed by atoms with van der Waals surface area (Å²) in [5, 5.41) is 2.94. The van der Waals surface area contributed by atoms with Gasteiger partial charge < -0.3 is 14.8 Å². The third-order valence-electron chi connectivity index (χ3n) is 3.26. The molecule has 1 aliphatic rings. The van der Waals surface area contributed by atoms with Gasteiger partial charge in [-0.1, -0.05) is 6.07 Å². The van der Waals surface area contributed by atoms with E-state index in [1.165, 1.54) is 0 Å².